The van der Waals surface area contributed by atoms with Gasteiger partial charge in [-0.15, -0.1) is 0 Å². The van der Waals surface area contributed by atoms with Gasteiger partial charge in [0.25, 0.3) is 5.91 Å². The zero-order valence-corrected chi connectivity index (χ0v) is 14.3. The molecule has 5 nitrogen and oxygen atoms in total. The maximum absolute atomic E-state index is 12.8. The van der Waals surface area contributed by atoms with E-state index in [4.69, 9.17) is 9.47 Å². The molecule has 2 aromatic carbocycles. The maximum Gasteiger partial charge on any atom is 0.344 e. The van der Waals surface area contributed by atoms with Gasteiger partial charge in [-0.1, -0.05) is 6.07 Å². The van der Waals surface area contributed by atoms with Gasteiger partial charge < -0.3 is 14.8 Å². The van der Waals surface area contributed by atoms with E-state index >= 15 is 0 Å². The summed E-state index contributed by atoms with van der Waals surface area (Å²) in [6.45, 7) is 5.08. The molecule has 25 heavy (non-hydrogen) atoms. The van der Waals surface area contributed by atoms with Crippen molar-refractivity contribution in [1.82, 2.24) is 0 Å². The van der Waals surface area contributed by atoms with E-state index in [-0.39, 0.29) is 6.61 Å². The van der Waals surface area contributed by atoms with Crippen LogP contribution in [0.2, 0.25) is 0 Å². The second-order valence-electron chi connectivity index (χ2n) is 5.66. The molecule has 6 heteroatoms. The molecule has 0 spiro atoms. The van der Waals surface area contributed by atoms with Crippen molar-refractivity contribution in [3.63, 3.8) is 0 Å². The van der Waals surface area contributed by atoms with Crippen molar-refractivity contribution in [3.05, 3.63) is 59.4 Å². The van der Waals surface area contributed by atoms with Crippen molar-refractivity contribution in [3.8, 4) is 5.75 Å². The SMILES string of the molecule is Cc1ccc(OCC(=O)O[C@@H](C)C(=O)Nc2ccc(F)cc2)cc1C. The average Bonchev–Trinajstić information content (AvgIpc) is 2.58. The molecule has 0 bridgehead atoms. The van der Waals surface area contributed by atoms with Crippen LogP contribution < -0.4 is 10.1 Å². The van der Waals surface area contributed by atoms with Crippen molar-refractivity contribution in [1.29, 1.82) is 0 Å². The molecule has 0 aliphatic heterocycles. The van der Waals surface area contributed by atoms with Gasteiger partial charge in [-0.2, -0.15) is 0 Å². The highest BCUT2D eigenvalue weighted by Crippen LogP contribution is 2.16. The molecule has 2 rings (SSSR count). The first-order valence-corrected chi connectivity index (χ1v) is 7.81. The molecule has 0 aromatic heterocycles. The number of esters is 1. The molecule has 1 N–H and O–H groups in total. The lowest BCUT2D eigenvalue weighted by Crippen LogP contribution is -2.31. The minimum absolute atomic E-state index is 0.295. The Labute approximate surface area is 145 Å². The highest BCUT2D eigenvalue weighted by atomic mass is 19.1. The van der Waals surface area contributed by atoms with E-state index in [1.165, 1.54) is 31.2 Å². The summed E-state index contributed by atoms with van der Waals surface area (Å²) in [7, 11) is 0. The van der Waals surface area contributed by atoms with Gasteiger partial charge in [0, 0.05) is 5.69 Å². The average molecular weight is 345 g/mol. The monoisotopic (exact) mass is 345 g/mol. The van der Waals surface area contributed by atoms with Crippen molar-refractivity contribution in [2.75, 3.05) is 11.9 Å². The van der Waals surface area contributed by atoms with Crippen LogP contribution in [0.1, 0.15) is 18.1 Å². The molecular weight excluding hydrogens is 325 g/mol. The normalized spacial score (nSPS) is 11.5. The summed E-state index contributed by atoms with van der Waals surface area (Å²) in [5, 5.41) is 2.54. The lowest BCUT2D eigenvalue weighted by Gasteiger charge is -2.14. The molecule has 0 fully saturated rings. The van der Waals surface area contributed by atoms with E-state index < -0.39 is 23.8 Å². The third kappa shape index (κ3) is 5.60. The van der Waals surface area contributed by atoms with E-state index in [0.29, 0.717) is 11.4 Å². The van der Waals surface area contributed by atoms with Crippen LogP contribution >= 0.6 is 0 Å². The Bertz CT molecular complexity index is 759. The number of carbonyl (C=O) groups excluding carboxylic acids is 2. The Morgan fingerprint density at radius 3 is 2.40 bits per heavy atom. The van der Waals surface area contributed by atoms with Gasteiger partial charge in [0.15, 0.2) is 12.7 Å². The van der Waals surface area contributed by atoms with E-state index in [0.717, 1.165) is 11.1 Å². The number of benzene rings is 2. The number of amides is 1. The first-order valence-electron chi connectivity index (χ1n) is 7.81. The summed E-state index contributed by atoms with van der Waals surface area (Å²) in [6, 6.07) is 10.8. The van der Waals surface area contributed by atoms with Crippen LogP contribution in [-0.2, 0) is 14.3 Å². The number of nitrogens with one attached hydrogen (secondary N) is 1. The number of halogens is 1. The number of carbonyl (C=O) groups is 2. The van der Waals surface area contributed by atoms with Crippen LogP contribution in [0.3, 0.4) is 0 Å². The molecule has 132 valence electrons. The predicted molar refractivity (Wildman–Crippen MR) is 92.0 cm³/mol. The zero-order chi connectivity index (χ0) is 18.4. The molecule has 0 aliphatic carbocycles. The third-order valence-electron chi connectivity index (χ3n) is 3.62. The molecule has 0 saturated heterocycles. The summed E-state index contributed by atoms with van der Waals surface area (Å²) in [4.78, 5) is 23.8. The number of hydrogen-bond donors (Lipinski definition) is 1. The Morgan fingerprint density at radius 2 is 1.76 bits per heavy atom. The highest BCUT2D eigenvalue weighted by molar-refractivity contribution is 5.95. The van der Waals surface area contributed by atoms with Crippen LogP contribution in [-0.4, -0.2) is 24.6 Å². The van der Waals surface area contributed by atoms with E-state index in [2.05, 4.69) is 5.32 Å². The summed E-state index contributed by atoms with van der Waals surface area (Å²) in [5.41, 5.74) is 2.60. The van der Waals surface area contributed by atoms with Crippen LogP contribution in [0.4, 0.5) is 10.1 Å². The topological polar surface area (TPSA) is 64.6 Å². The molecule has 0 saturated carbocycles. The molecule has 0 aliphatic rings. The maximum atomic E-state index is 12.8. The standard InChI is InChI=1S/C19H20FNO4/c1-12-4-9-17(10-13(12)2)24-11-18(22)25-14(3)19(23)21-16-7-5-15(20)6-8-16/h4-10,14H,11H2,1-3H3,(H,21,23)/t14-/m0/s1. The fraction of sp³-hybridized carbons (Fsp3) is 0.263. The molecule has 1 amide bonds. The lowest BCUT2D eigenvalue weighted by atomic mass is 10.1. The minimum Gasteiger partial charge on any atom is -0.482 e. The van der Waals surface area contributed by atoms with Gasteiger partial charge in [0.1, 0.15) is 11.6 Å². The van der Waals surface area contributed by atoms with Crippen LogP contribution in [0.5, 0.6) is 5.75 Å². The predicted octanol–water partition coefficient (Wildman–Crippen LogP) is 3.39. The fourth-order valence-corrected chi connectivity index (χ4v) is 2.01. The molecule has 0 radical (unpaired) electrons. The van der Waals surface area contributed by atoms with Crippen molar-refractivity contribution >= 4 is 17.6 Å². The van der Waals surface area contributed by atoms with Gasteiger partial charge in [-0.05, 0) is 68.3 Å². The van der Waals surface area contributed by atoms with Gasteiger partial charge in [0.05, 0.1) is 0 Å². The first-order chi connectivity index (χ1) is 11.8. The van der Waals surface area contributed by atoms with Crippen molar-refractivity contribution < 1.29 is 23.5 Å². The highest BCUT2D eigenvalue weighted by Gasteiger charge is 2.18. The summed E-state index contributed by atoms with van der Waals surface area (Å²) in [6.07, 6.45) is -0.999. The van der Waals surface area contributed by atoms with E-state index in [1.54, 1.807) is 6.07 Å². The van der Waals surface area contributed by atoms with E-state index in [1.807, 2.05) is 26.0 Å². The Hall–Kier alpha value is -2.89. The van der Waals surface area contributed by atoms with Gasteiger partial charge >= 0.3 is 5.97 Å². The summed E-state index contributed by atoms with van der Waals surface area (Å²) < 4.78 is 23.2. The Kier molecular flexibility index (Phi) is 6.11. The quantitative estimate of drug-likeness (QED) is 0.815. The largest absolute Gasteiger partial charge is 0.482 e. The first kappa shape index (κ1) is 18.4. The molecule has 0 unspecified atom stereocenters. The number of ether oxygens (including phenoxy) is 2. The molecule has 0 heterocycles. The van der Waals surface area contributed by atoms with Gasteiger partial charge in [-0.25, -0.2) is 9.18 Å². The number of aryl methyl sites for hydroxylation is 2. The molecule has 2 aromatic rings. The molecular formula is C19H20FNO4. The van der Waals surface area contributed by atoms with Crippen molar-refractivity contribution in [2.24, 2.45) is 0 Å². The summed E-state index contributed by atoms with van der Waals surface area (Å²) >= 11 is 0. The fourth-order valence-electron chi connectivity index (χ4n) is 2.01. The van der Waals surface area contributed by atoms with Crippen LogP contribution in [0, 0.1) is 19.7 Å². The van der Waals surface area contributed by atoms with Gasteiger partial charge in [-0.3, -0.25) is 4.79 Å². The number of rotatable bonds is 6. The smallest absolute Gasteiger partial charge is 0.344 e. The summed E-state index contributed by atoms with van der Waals surface area (Å²) in [5.74, 6) is -1.00. The Morgan fingerprint density at radius 1 is 1.08 bits per heavy atom. The number of hydrogen-bond acceptors (Lipinski definition) is 4. The second kappa shape index (κ2) is 8.28. The zero-order valence-electron chi connectivity index (χ0n) is 14.3. The third-order valence-corrected chi connectivity index (χ3v) is 3.62. The van der Waals surface area contributed by atoms with Gasteiger partial charge in [0.2, 0.25) is 0 Å². The second-order valence-corrected chi connectivity index (χ2v) is 5.66. The number of anilines is 1. The van der Waals surface area contributed by atoms with Crippen LogP contribution in [0.15, 0.2) is 42.5 Å². The van der Waals surface area contributed by atoms with Crippen LogP contribution in [0.25, 0.3) is 0 Å². The van der Waals surface area contributed by atoms with Crippen molar-refractivity contribution in [2.45, 2.75) is 26.9 Å². The minimum atomic E-state index is -0.999. The Balaban J connectivity index is 1.81. The lowest BCUT2D eigenvalue weighted by molar-refractivity contribution is -0.155. The van der Waals surface area contributed by atoms with E-state index in [9.17, 15) is 14.0 Å². The molecule has 1 atom stereocenters.